The predicted molar refractivity (Wildman–Crippen MR) is 117 cm³/mol. The van der Waals surface area contributed by atoms with E-state index in [4.69, 9.17) is 4.84 Å². The van der Waals surface area contributed by atoms with Crippen LogP contribution in [0.15, 0.2) is 120 Å². The zero-order chi connectivity index (χ0) is 19.2. The Balaban J connectivity index is 1.86. The monoisotopic (exact) mass is 429 g/mol. The van der Waals surface area contributed by atoms with Gasteiger partial charge in [0, 0.05) is 4.47 Å². The van der Waals surface area contributed by atoms with Crippen LogP contribution in [0.2, 0.25) is 0 Å². The van der Waals surface area contributed by atoms with Crippen molar-refractivity contribution < 1.29 is 4.84 Å². The van der Waals surface area contributed by atoms with Gasteiger partial charge in [-0.15, -0.1) is 5.48 Å². The van der Waals surface area contributed by atoms with Gasteiger partial charge in [0.25, 0.3) is 0 Å². The summed E-state index contributed by atoms with van der Waals surface area (Å²) in [6.07, 6.45) is 0. The molecule has 4 aromatic carbocycles. The summed E-state index contributed by atoms with van der Waals surface area (Å²) < 4.78 is 1.01. The summed E-state index contributed by atoms with van der Waals surface area (Å²) in [6.45, 7) is 0. The Morgan fingerprint density at radius 2 is 0.929 bits per heavy atom. The molecule has 4 aromatic rings. The van der Waals surface area contributed by atoms with Crippen molar-refractivity contribution in [1.82, 2.24) is 5.48 Å². The maximum absolute atomic E-state index is 6.12. The average Bonchev–Trinajstić information content (AvgIpc) is 2.78. The minimum absolute atomic E-state index is 0.656. The molecule has 0 fully saturated rings. The number of benzene rings is 4. The lowest BCUT2D eigenvalue weighted by Gasteiger charge is -2.36. The van der Waals surface area contributed by atoms with Crippen LogP contribution in [-0.2, 0) is 5.54 Å². The molecule has 3 heteroatoms. The average molecular weight is 430 g/mol. The van der Waals surface area contributed by atoms with Crippen molar-refractivity contribution in [3.05, 3.63) is 136 Å². The lowest BCUT2D eigenvalue weighted by Crippen LogP contribution is -2.46. The fourth-order valence-corrected chi connectivity index (χ4v) is 3.64. The number of nitrogens with one attached hydrogen (secondary N) is 1. The first-order valence-corrected chi connectivity index (χ1v) is 9.94. The Morgan fingerprint density at radius 1 is 0.536 bits per heavy atom. The van der Waals surface area contributed by atoms with Crippen LogP contribution in [0.4, 0.5) is 0 Å². The number of hydrogen-bond acceptors (Lipinski definition) is 2. The van der Waals surface area contributed by atoms with Gasteiger partial charge in [0.15, 0.2) is 0 Å². The molecule has 0 bridgehead atoms. The molecular formula is C25H20BrNO. The maximum atomic E-state index is 6.12. The van der Waals surface area contributed by atoms with Crippen LogP contribution in [0.1, 0.15) is 16.7 Å². The van der Waals surface area contributed by atoms with Crippen molar-refractivity contribution in [3.8, 4) is 5.75 Å². The van der Waals surface area contributed by atoms with Gasteiger partial charge in [-0.1, -0.05) is 107 Å². The SMILES string of the molecule is Brc1ccc(ONC(c2ccccc2)(c2ccccc2)c2ccccc2)cc1. The number of halogens is 1. The summed E-state index contributed by atoms with van der Waals surface area (Å²) in [7, 11) is 0. The van der Waals surface area contributed by atoms with Crippen LogP contribution < -0.4 is 10.3 Å². The van der Waals surface area contributed by atoms with Crippen molar-refractivity contribution in [2.24, 2.45) is 0 Å². The lowest BCUT2D eigenvalue weighted by molar-refractivity contribution is 0.131. The highest BCUT2D eigenvalue weighted by Crippen LogP contribution is 2.37. The second-order valence-corrected chi connectivity index (χ2v) is 7.42. The van der Waals surface area contributed by atoms with Crippen LogP contribution >= 0.6 is 15.9 Å². The van der Waals surface area contributed by atoms with Gasteiger partial charge < -0.3 is 4.84 Å². The van der Waals surface area contributed by atoms with Crippen molar-refractivity contribution in [1.29, 1.82) is 0 Å². The zero-order valence-electron chi connectivity index (χ0n) is 15.3. The molecule has 0 unspecified atom stereocenters. The molecule has 0 heterocycles. The molecule has 0 amide bonds. The number of rotatable bonds is 6. The first-order valence-electron chi connectivity index (χ1n) is 9.15. The van der Waals surface area contributed by atoms with Crippen molar-refractivity contribution in [3.63, 3.8) is 0 Å². The van der Waals surface area contributed by atoms with Gasteiger partial charge in [-0.25, -0.2) is 0 Å². The molecule has 0 saturated heterocycles. The third-order valence-electron chi connectivity index (χ3n) is 4.76. The van der Waals surface area contributed by atoms with Crippen LogP contribution in [0.25, 0.3) is 0 Å². The van der Waals surface area contributed by atoms with Gasteiger partial charge in [0.1, 0.15) is 11.3 Å². The zero-order valence-corrected chi connectivity index (χ0v) is 16.8. The summed E-state index contributed by atoms with van der Waals surface area (Å²) >= 11 is 3.47. The van der Waals surface area contributed by atoms with Gasteiger partial charge in [0.2, 0.25) is 0 Å². The van der Waals surface area contributed by atoms with E-state index >= 15 is 0 Å². The number of hydrogen-bond donors (Lipinski definition) is 1. The van der Waals surface area contributed by atoms with Gasteiger partial charge in [-0.05, 0) is 41.0 Å². The van der Waals surface area contributed by atoms with Gasteiger partial charge in [0.05, 0.1) is 0 Å². The molecule has 2 nitrogen and oxygen atoms in total. The fraction of sp³-hybridized carbons (Fsp3) is 0.0400. The van der Waals surface area contributed by atoms with E-state index in [0.29, 0.717) is 0 Å². The van der Waals surface area contributed by atoms with Crippen molar-refractivity contribution in [2.75, 3.05) is 0 Å². The van der Waals surface area contributed by atoms with E-state index in [0.717, 1.165) is 26.9 Å². The molecule has 0 aromatic heterocycles. The van der Waals surface area contributed by atoms with E-state index in [9.17, 15) is 0 Å². The summed E-state index contributed by atoms with van der Waals surface area (Å²) in [5.74, 6) is 0.746. The second kappa shape index (κ2) is 8.42. The van der Waals surface area contributed by atoms with Crippen LogP contribution in [0.3, 0.4) is 0 Å². The summed E-state index contributed by atoms with van der Waals surface area (Å²) in [5.41, 5.74) is 6.05. The highest BCUT2D eigenvalue weighted by molar-refractivity contribution is 9.10. The second-order valence-electron chi connectivity index (χ2n) is 6.51. The quantitative estimate of drug-likeness (QED) is 0.285. The molecule has 4 rings (SSSR count). The summed E-state index contributed by atoms with van der Waals surface area (Å²) in [6, 6.07) is 38.9. The van der Waals surface area contributed by atoms with E-state index in [1.807, 2.05) is 42.5 Å². The Hall–Kier alpha value is -2.88. The first kappa shape index (κ1) is 18.5. The van der Waals surface area contributed by atoms with Gasteiger partial charge in [-0.3, -0.25) is 0 Å². The number of hydroxylamine groups is 1. The largest absolute Gasteiger partial charge is 0.407 e. The third kappa shape index (κ3) is 3.72. The van der Waals surface area contributed by atoms with Crippen LogP contribution in [0, 0.1) is 0 Å². The molecule has 138 valence electrons. The smallest absolute Gasteiger partial charge is 0.147 e. The van der Waals surface area contributed by atoms with E-state index in [2.05, 4.69) is 94.2 Å². The lowest BCUT2D eigenvalue weighted by atomic mass is 9.78. The Kier molecular flexibility index (Phi) is 5.56. The maximum Gasteiger partial charge on any atom is 0.147 e. The minimum atomic E-state index is -0.656. The van der Waals surface area contributed by atoms with Crippen LogP contribution in [-0.4, -0.2) is 0 Å². The fourth-order valence-electron chi connectivity index (χ4n) is 3.38. The Morgan fingerprint density at radius 3 is 1.32 bits per heavy atom. The molecule has 28 heavy (non-hydrogen) atoms. The minimum Gasteiger partial charge on any atom is -0.407 e. The van der Waals surface area contributed by atoms with Gasteiger partial charge >= 0.3 is 0 Å². The third-order valence-corrected chi connectivity index (χ3v) is 5.28. The molecular weight excluding hydrogens is 410 g/mol. The molecule has 0 aliphatic heterocycles. The standard InChI is InChI=1S/C25H20BrNO/c26-23-16-18-24(19-17-23)28-27-25(20-10-4-1-5-11-20,21-12-6-2-7-13-21)22-14-8-3-9-15-22/h1-19,27H. The molecule has 0 atom stereocenters. The molecule has 1 N–H and O–H groups in total. The molecule has 0 spiro atoms. The summed E-state index contributed by atoms with van der Waals surface area (Å²) in [4.78, 5) is 6.12. The highest BCUT2D eigenvalue weighted by atomic mass is 79.9. The molecule has 0 aliphatic rings. The van der Waals surface area contributed by atoms with Crippen molar-refractivity contribution >= 4 is 15.9 Å². The molecule has 0 aliphatic carbocycles. The van der Waals surface area contributed by atoms with E-state index < -0.39 is 5.54 Å². The van der Waals surface area contributed by atoms with Crippen LogP contribution in [0.5, 0.6) is 5.75 Å². The van der Waals surface area contributed by atoms with E-state index in [-0.39, 0.29) is 0 Å². The summed E-state index contributed by atoms with van der Waals surface area (Å²) in [5, 5.41) is 0. The predicted octanol–water partition coefficient (Wildman–Crippen LogP) is 6.32. The topological polar surface area (TPSA) is 21.3 Å². The molecule has 0 radical (unpaired) electrons. The van der Waals surface area contributed by atoms with E-state index in [1.54, 1.807) is 0 Å². The first-order chi connectivity index (χ1) is 13.8. The highest BCUT2D eigenvalue weighted by Gasteiger charge is 2.37. The molecule has 0 saturated carbocycles. The normalized spacial score (nSPS) is 11.2. The Bertz CT molecular complexity index is 906. The van der Waals surface area contributed by atoms with E-state index in [1.165, 1.54) is 0 Å². The van der Waals surface area contributed by atoms with Crippen molar-refractivity contribution in [2.45, 2.75) is 5.54 Å². The van der Waals surface area contributed by atoms with Gasteiger partial charge in [-0.2, -0.15) is 0 Å². The Labute approximate surface area is 173 Å².